The summed E-state index contributed by atoms with van der Waals surface area (Å²) in [5.41, 5.74) is 0.942. The number of nitrogens with zero attached hydrogens (tertiary/aromatic N) is 2. The molecule has 33 heavy (non-hydrogen) atoms. The number of carbonyl (C=O) groups is 2. The second-order valence-corrected chi connectivity index (χ2v) is 10.6. The first-order chi connectivity index (χ1) is 15.5. The maximum atomic E-state index is 13.1. The van der Waals surface area contributed by atoms with Crippen LogP contribution in [-0.4, -0.2) is 51.0 Å². The highest BCUT2D eigenvalue weighted by molar-refractivity contribution is 7.92. The number of nitrogens with one attached hydrogen (secondary N) is 1. The molecule has 0 fully saturated rings. The van der Waals surface area contributed by atoms with Gasteiger partial charge in [0, 0.05) is 47.2 Å². The summed E-state index contributed by atoms with van der Waals surface area (Å²) in [5, 5.41) is 3.71. The zero-order valence-corrected chi connectivity index (χ0v) is 21.6. The molecule has 11 heteroatoms. The molecule has 1 atom stereocenters. The Bertz CT molecular complexity index is 1090. The monoisotopic (exact) mass is 533 g/mol. The first-order valence-electron chi connectivity index (χ1n) is 10.1. The number of carbonyl (C=O) groups excluding carboxylic acids is 2. The first kappa shape index (κ1) is 27.2. The topological polar surface area (TPSA) is 86.8 Å². The van der Waals surface area contributed by atoms with Crippen LogP contribution >= 0.6 is 34.8 Å². The molecule has 0 bridgehead atoms. The van der Waals surface area contributed by atoms with Gasteiger partial charge in [0.1, 0.15) is 6.04 Å². The van der Waals surface area contributed by atoms with E-state index in [9.17, 15) is 18.0 Å². The zero-order valence-electron chi connectivity index (χ0n) is 18.5. The number of likely N-dealkylation sites (N-methyl/N-ethyl adjacent to an activating group) is 1. The predicted molar refractivity (Wildman–Crippen MR) is 133 cm³/mol. The molecule has 0 saturated carbocycles. The van der Waals surface area contributed by atoms with E-state index in [1.54, 1.807) is 49.4 Å². The molecule has 0 unspecified atom stereocenters. The zero-order chi connectivity index (χ0) is 24.8. The molecule has 2 amide bonds. The number of benzene rings is 2. The van der Waals surface area contributed by atoms with Crippen LogP contribution in [-0.2, 0) is 26.2 Å². The third-order valence-corrected chi connectivity index (χ3v) is 7.19. The lowest BCUT2D eigenvalue weighted by Crippen LogP contribution is -2.47. The standard InChI is InChI=1S/C22H26Cl3N3O4S/c1-15(22(30)26-2)27(14-18-19(24)9-5-10-20(18)25)21(29)11-6-12-28(33(3,31)32)17-8-4-7-16(23)13-17/h4-5,7-10,13,15H,6,11-12,14H2,1-3H3,(H,26,30)/t15-/m0/s1. The molecule has 2 rings (SSSR count). The van der Waals surface area contributed by atoms with E-state index in [0.717, 1.165) is 6.26 Å². The predicted octanol–water partition coefficient (Wildman–Crippen LogP) is 4.36. The van der Waals surface area contributed by atoms with Crippen LogP contribution < -0.4 is 9.62 Å². The summed E-state index contributed by atoms with van der Waals surface area (Å²) in [5.74, 6) is -0.676. The molecule has 0 aliphatic rings. The van der Waals surface area contributed by atoms with Gasteiger partial charge in [-0.3, -0.25) is 13.9 Å². The number of rotatable bonds is 10. The Morgan fingerprint density at radius 2 is 1.67 bits per heavy atom. The Labute approximate surface area is 209 Å². The van der Waals surface area contributed by atoms with E-state index >= 15 is 0 Å². The van der Waals surface area contributed by atoms with Gasteiger partial charge in [-0.2, -0.15) is 0 Å². The van der Waals surface area contributed by atoms with Gasteiger partial charge in [-0.25, -0.2) is 8.42 Å². The average molecular weight is 535 g/mol. The molecule has 1 N–H and O–H groups in total. The maximum absolute atomic E-state index is 13.1. The van der Waals surface area contributed by atoms with Crippen molar-refractivity contribution in [2.45, 2.75) is 32.4 Å². The highest BCUT2D eigenvalue weighted by atomic mass is 35.5. The largest absolute Gasteiger partial charge is 0.357 e. The van der Waals surface area contributed by atoms with Crippen LogP contribution in [0.4, 0.5) is 5.69 Å². The van der Waals surface area contributed by atoms with E-state index in [4.69, 9.17) is 34.8 Å². The summed E-state index contributed by atoms with van der Waals surface area (Å²) in [6.45, 7) is 1.71. The summed E-state index contributed by atoms with van der Waals surface area (Å²) < 4.78 is 25.8. The van der Waals surface area contributed by atoms with Crippen molar-refractivity contribution in [1.29, 1.82) is 0 Å². The van der Waals surface area contributed by atoms with E-state index in [1.165, 1.54) is 16.3 Å². The van der Waals surface area contributed by atoms with Gasteiger partial charge in [-0.05, 0) is 43.7 Å². The maximum Gasteiger partial charge on any atom is 0.242 e. The Kier molecular flexibility index (Phi) is 9.84. The van der Waals surface area contributed by atoms with Crippen LogP contribution in [0, 0.1) is 0 Å². The van der Waals surface area contributed by atoms with Crippen molar-refractivity contribution in [2.75, 3.05) is 24.2 Å². The number of sulfonamides is 1. The summed E-state index contributed by atoms with van der Waals surface area (Å²) >= 11 is 18.5. The van der Waals surface area contributed by atoms with Crippen molar-refractivity contribution in [3.05, 3.63) is 63.1 Å². The van der Waals surface area contributed by atoms with E-state index < -0.39 is 16.1 Å². The van der Waals surface area contributed by atoms with Crippen LogP contribution in [0.2, 0.25) is 15.1 Å². The minimum atomic E-state index is -3.60. The number of hydrogen-bond donors (Lipinski definition) is 1. The van der Waals surface area contributed by atoms with Gasteiger partial charge >= 0.3 is 0 Å². The average Bonchev–Trinajstić information content (AvgIpc) is 2.74. The fourth-order valence-electron chi connectivity index (χ4n) is 3.28. The van der Waals surface area contributed by atoms with E-state index in [-0.39, 0.29) is 37.7 Å². The molecule has 0 spiro atoms. The first-order valence-corrected chi connectivity index (χ1v) is 13.1. The lowest BCUT2D eigenvalue weighted by atomic mass is 10.1. The molecular formula is C22H26Cl3N3O4S. The van der Waals surface area contributed by atoms with Crippen LogP contribution in [0.1, 0.15) is 25.3 Å². The van der Waals surface area contributed by atoms with Gasteiger partial charge in [0.15, 0.2) is 0 Å². The lowest BCUT2D eigenvalue weighted by Gasteiger charge is -2.29. The fourth-order valence-corrected chi connectivity index (χ4v) is 4.94. The molecule has 0 aliphatic carbocycles. The third-order valence-electron chi connectivity index (χ3n) is 5.05. The van der Waals surface area contributed by atoms with E-state index in [0.29, 0.717) is 26.3 Å². The fraction of sp³-hybridized carbons (Fsp3) is 0.364. The third kappa shape index (κ3) is 7.50. The summed E-state index contributed by atoms with van der Waals surface area (Å²) in [6, 6.07) is 10.7. The highest BCUT2D eigenvalue weighted by Crippen LogP contribution is 2.27. The number of amides is 2. The normalized spacial score (nSPS) is 12.2. The van der Waals surface area contributed by atoms with Crippen molar-refractivity contribution in [3.63, 3.8) is 0 Å². The van der Waals surface area contributed by atoms with Crippen molar-refractivity contribution in [3.8, 4) is 0 Å². The molecule has 0 aromatic heterocycles. The molecule has 0 radical (unpaired) electrons. The molecular weight excluding hydrogens is 509 g/mol. The Balaban J connectivity index is 2.20. The van der Waals surface area contributed by atoms with Crippen LogP contribution in [0.5, 0.6) is 0 Å². The van der Waals surface area contributed by atoms with Crippen LogP contribution in [0.25, 0.3) is 0 Å². The van der Waals surface area contributed by atoms with Gasteiger partial charge in [0.25, 0.3) is 0 Å². The molecule has 7 nitrogen and oxygen atoms in total. The van der Waals surface area contributed by atoms with Gasteiger partial charge < -0.3 is 10.2 Å². The van der Waals surface area contributed by atoms with Crippen LogP contribution in [0.3, 0.4) is 0 Å². The van der Waals surface area contributed by atoms with Gasteiger partial charge in [-0.1, -0.05) is 46.9 Å². The lowest BCUT2D eigenvalue weighted by molar-refractivity contribution is -0.140. The second kappa shape index (κ2) is 11.9. The van der Waals surface area contributed by atoms with E-state index in [1.807, 2.05) is 0 Å². The summed E-state index contributed by atoms with van der Waals surface area (Å²) in [4.78, 5) is 26.8. The Morgan fingerprint density at radius 1 is 1.06 bits per heavy atom. The summed E-state index contributed by atoms with van der Waals surface area (Å²) in [7, 11) is -2.11. The van der Waals surface area contributed by atoms with Crippen LogP contribution in [0.15, 0.2) is 42.5 Å². The molecule has 0 heterocycles. The van der Waals surface area contributed by atoms with Gasteiger partial charge in [0.05, 0.1) is 11.9 Å². The molecule has 2 aromatic rings. The highest BCUT2D eigenvalue weighted by Gasteiger charge is 2.27. The van der Waals surface area contributed by atoms with E-state index in [2.05, 4.69) is 5.32 Å². The van der Waals surface area contributed by atoms with Crippen molar-refractivity contribution in [1.82, 2.24) is 10.2 Å². The smallest absolute Gasteiger partial charge is 0.242 e. The number of halogens is 3. The van der Waals surface area contributed by atoms with Crippen molar-refractivity contribution in [2.24, 2.45) is 0 Å². The molecule has 0 saturated heterocycles. The minimum absolute atomic E-state index is 0.00991. The molecule has 0 aliphatic heterocycles. The van der Waals surface area contributed by atoms with Gasteiger partial charge in [-0.15, -0.1) is 0 Å². The Morgan fingerprint density at radius 3 is 2.21 bits per heavy atom. The number of anilines is 1. The second-order valence-electron chi connectivity index (χ2n) is 7.43. The molecule has 180 valence electrons. The van der Waals surface area contributed by atoms with Crippen molar-refractivity contribution < 1.29 is 18.0 Å². The van der Waals surface area contributed by atoms with Gasteiger partial charge in [0.2, 0.25) is 21.8 Å². The minimum Gasteiger partial charge on any atom is -0.357 e. The SMILES string of the molecule is CNC(=O)[C@H](C)N(Cc1c(Cl)cccc1Cl)C(=O)CCCN(c1cccc(Cl)c1)S(C)(=O)=O. The van der Waals surface area contributed by atoms with Crippen molar-refractivity contribution >= 4 is 62.3 Å². The molecule has 2 aromatic carbocycles. The Hall–Kier alpha value is -2.00. The summed E-state index contributed by atoms with van der Waals surface area (Å²) in [6.07, 6.45) is 1.33. The quantitative estimate of drug-likeness (QED) is 0.491. The number of hydrogen-bond acceptors (Lipinski definition) is 4.